The quantitative estimate of drug-likeness (QED) is 0.628. The van der Waals surface area contributed by atoms with Gasteiger partial charge in [0, 0.05) is 26.2 Å². The van der Waals surface area contributed by atoms with Crippen molar-refractivity contribution in [2.45, 2.75) is 39.0 Å². The van der Waals surface area contributed by atoms with Crippen LogP contribution in [-0.2, 0) is 27.0 Å². The van der Waals surface area contributed by atoms with Gasteiger partial charge in [-0.2, -0.15) is 4.31 Å². The van der Waals surface area contributed by atoms with Crippen LogP contribution in [0.2, 0.25) is 0 Å². The second kappa shape index (κ2) is 11.1. The summed E-state index contributed by atoms with van der Waals surface area (Å²) in [6.07, 6.45) is 1.05. The van der Waals surface area contributed by atoms with Crippen LogP contribution in [0, 0.1) is 5.92 Å². The number of nitrogens with one attached hydrogen (secondary N) is 1. The normalized spacial score (nSPS) is 16.8. The summed E-state index contributed by atoms with van der Waals surface area (Å²) in [7, 11) is -3.35. The number of hydrogen-bond donors (Lipinski definition) is 1. The van der Waals surface area contributed by atoms with Crippen LogP contribution in [0.3, 0.4) is 0 Å². The van der Waals surface area contributed by atoms with Gasteiger partial charge in [0.2, 0.25) is 15.9 Å². The van der Waals surface area contributed by atoms with Gasteiger partial charge in [-0.05, 0) is 36.0 Å². The highest BCUT2D eigenvalue weighted by Crippen LogP contribution is 2.16. The molecule has 1 fully saturated rings. The first-order valence-electron chi connectivity index (χ1n) is 11.4. The standard InChI is InChI=1S/C25H35N3O3S/c1-20(2)17-22-9-11-24(12-10-22)21(3)26-25(29)18-27-13-15-28(16-14-27)32(30,31)19-23-7-5-4-6-8-23/h4-12,20-21H,13-19H2,1-3H3,(H,26,29)/t21-/m0/s1. The molecule has 1 amide bonds. The van der Waals surface area contributed by atoms with Gasteiger partial charge in [-0.3, -0.25) is 9.69 Å². The second-order valence-corrected chi connectivity index (χ2v) is 11.0. The van der Waals surface area contributed by atoms with Crippen molar-refractivity contribution in [3.8, 4) is 0 Å². The summed E-state index contributed by atoms with van der Waals surface area (Å²) >= 11 is 0. The second-order valence-electron chi connectivity index (χ2n) is 9.05. The molecule has 0 saturated carbocycles. The zero-order valence-electron chi connectivity index (χ0n) is 19.3. The first-order chi connectivity index (χ1) is 15.2. The Hall–Kier alpha value is -2.22. The molecule has 1 aliphatic heterocycles. The van der Waals surface area contributed by atoms with E-state index in [0.717, 1.165) is 17.5 Å². The van der Waals surface area contributed by atoms with Crippen LogP contribution in [0.25, 0.3) is 0 Å². The third-order valence-corrected chi connectivity index (χ3v) is 7.63. The zero-order chi connectivity index (χ0) is 23.1. The zero-order valence-corrected chi connectivity index (χ0v) is 20.1. The third-order valence-electron chi connectivity index (χ3n) is 5.78. The predicted octanol–water partition coefficient (Wildman–Crippen LogP) is 3.21. The number of amides is 1. The molecule has 2 aromatic carbocycles. The molecule has 174 valence electrons. The van der Waals surface area contributed by atoms with Crippen LogP contribution in [0.4, 0.5) is 0 Å². The summed E-state index contributed by atoms with van der Waals surface area (Å²) < 4.78 is 26.9. The molecule has 0 radical (unpaired) electrons. The van der Waals surface area contributed by atoms with Crippen molar-refractivity contribution < 1.29 is 13.2 Å². The minimum atomic E-state index is -3.35. The molecule has 0 spiro atoms. The van der Waals surface area contributed by atoms with E-state index in [1.54, 1.807) is 0 Å². The van der Waals surface area contributed by atoms with Gasteiger partial charge in [0.15, 0.2) is 0 Å². The van der Waals surface area contributed by atoms with Crippen LogP contribution in [0.5, 0.6) is 0 Å². The minimum absolute atomic E-state index is 0.0157. The topological polar surface area (TPSA) is 69.7 Å². The van der Waals surface area contributed by atoms with E-state index < -0.39 is 10.0 Å². The Kier molecular flexibility index (Phi) is 8.45. The van der Waals surface area contributed by atoms with Gasteiger partial charge in [0.1, 0.15) is 0 Å². The maximum atomic E-state index is 12.7. The monoisotopic (exact) mass is 457 g/mol. The average Bonchev–Trinajstić information content (AvgIpc) is 2.74. The fraction of sp³-hybridized carbons (Fsp3) is 0.480. The summed E-state index contributed by atoms with van der Waals surface area (Å²) in [4.78, 5) is 14.6. The van der Waals surface area contributed by atoms with E-state index in [-0.39, 0.29) is 24.2 Å². The van der Waals surface area contributed by atoms with Crippen molar-refractivity contribution in [2.75, 3.05) is 32.7 Å². The molecule has 0 aromatic heterocycles. The van der Waals surface area contributed by atoms with E-state index in [0.29, 0.717) is 32.1 Å². The Balaban J connectivity index is 1.45. The SMILES string of the molecule is CC(C)Cc1ccc([C@H](C)NC(=O)CN2CCN(S(=O)(=O)Cc3ccccc3)CC2)cc1. The van der Waals surface area contributed by atoms with Gasteiger partial charge in [0.05, 0.1) is 18.3 Å². The lowest BCUT2D eigenvalue weighted by atomic mass is 10.00. The van der Waals surface area contributed by atoms with Gasteiger partial charge in [-0.15, -0.1) is 0 Å². The summed E-state index contributed by atoms with van der Waals surface area (Å²) in [6.45, 7) is 8.61. The Morgan fingerprint density at radius 1 is 0.906 bits per heavy atom. The number of rotatable bonds is 9. The number of sulfonamides is 1. The molecule has 0 aliphatic carbocycles. The Bertz CT molecular complexity index is 967. The molecule has 2 aromatic rings. The van der Waals surface area contributed by atoms with Gasteiger partial charge < -0.3 is 5.32 Å². The number of carbonyl (C=O) groups excluding carboxylic acids is 1. The third kappa shape index (κ3) is 7.15. The number of benzene rings is 2. The summed E-state index contributed by atoms with van der Waals surface area (Å²) in [5.41, 5.74) is 3.19. The molecule has 1 aliphatic rings. The van der Waals surface area contributed by atoms with Gasteiger partial charge >= 0.3 is 0 Å². The maximum Gasteiger partial charge on any atom is 0.234 e. The largest absolute Gasteiger partial charge is 0.348 e. The Labute approximate surface area is 192 Å². The lowest BCUT2D eigenvalue weighted by molar-refractivity contribution is -0.123. The minimum Gasteiger partial charge on any atom is -0.348 e. The highest BCUT2D eigenvalue weighted by atomic mass is 32.2. The molecule has 0 bridgehead atoms. The van der Waals surface area contributed by atoms with Crippen molar-refractivity contribution in [3.63, 3.8) is 0 Å². The highest BCUT2D eigenvalue weighted by molar-refractivity contribution is 7.88. The van der Waals surface area contributed by atoms with Crippen molar-refractivity contribution >= 4 is 15.9 Å². The first-order valence-corrected chi connectivity index (χ1v) is 13.0. The van der Waals surface area contributed by atoms with E-state index in [1.807, 2.05) is 42.2 Å². The first kappa shape index (κ1) is 24.4. The van der Waals surface area contributed by atoms with Crippen LogP contribution in [0.1, 0.15) is 43.5 Å². The van der Waals surface area contributed by atoms with Crippen LogP contribution >= 0.6 is 0 Å². The molecule has 32 heavy (non-hydrogen) atoms. The van der Waals surface area contributed by atoms with E-state index in [2.05, 4.69) is 43.4 Å². The van der Waals surface area contributed by atoms with E-state index in [9.17, 15) is 13.2 Å². The van der Waals surface area contributed by atoms with Crippen molar-refractivity contribution in [1.29, 1.82) is 0 Å². The van der Waals surface area contributed by atoms with E-state index in [1.165, 1.54) is 9.87 Å². The average molecular weight is 458 g/mol. The van der Waals surface area contributed by atoms with E-state index in [4.69, 9.17) is 0 Å². The lowest BCUT2D eigenvalue weighted by Gasteiger charge is -2.33. The lowest BCUT2D eigenvalue weighted by Crippen LogP contribution is -2.51. The van der Waals surface area contributed by atoms with Crippen LogP contribution in [-0.4, -0.2) is 56.3 Å². The van der Waals surface area contributed by atoms with Crippen molar-refractivity contribution in [2.24, 2.45) is 5.92 Å². The Morgan fingerprint density at radius 2 is 1.53 bits per heavy atom. The molecular formula is C25H35N3O3S. The number of piperazine rings is 1. The molecule has 0 unspecified atom stereocenters. The summed E-state index contributed by atoms with van der Waals surface area (Å²) in [6, 6.07) is 17.6. The molecule has 1 N–H and O–H groups in total. The van der Waals surface area contributed by atoms with E-state index >= 15 is 0 Å². The predicted molar refractivity (Wildman–Crippen MR) is 129 cm³/mol. The number of carbonyl (C=O) groups is 1. The van der Waals surface area contributed by atoms with Gasteiger partial charge in [-0.1, -0.05) is 68.4 Å². The molecule has 1 heterocycles. The van der Waals surface area contributed by atoms with Gasteiger partial charge in [0.25, 0.3) is 0 Å². The van der Waals surface area contributed by atoms with Crippen LogP contribution < -0.4 is 5.32 Å². The number of hydrogen-bond acceptors (Lipinski definition) is 4. The fourth-order valence-corrected chi connectivity index (χ4v) is 5.55. The summed E-state index contributed by atoms with van der Waals surface area (Å²) in [5.74, 6) is 0.595. The molecule has 7 heteroatoms. The maximum absolute atomic E-state index is 12.7. The molecule has 1 atom stereocenters. The molecule has 3 rings (SSSR count). The van der Waals surface area contributed by atoms with Gasteiger partial charge in [-0.25, -0.2) is 8.42 Å². The number of nitrogens with zero attached hydrogens (tertiary/aromatic N) is 2. The molecule has 6 nitrogen and oxygen atoms in total. The molecular weight excluding hydrogens is 422 g/mol. The van der Waals surface area contributed by atoms with Crippen molar-refractivity contribution in [3.05, 3.63) is 71.3 Å². The van der Waals surface area contributed by atoms with Crippen molar-refractivity contribution in [1.82, 2.24) is 14.5 Å². The highest BCUT2D eigenvalue weighted by Gasteiger charge is 2.28. The Morgan fingerprint density at radius 3 is 2.12 bits per heavy atom. The smallest absolute Gasteiger partial charge is 0.234 e. The summed E-state index contributed by atoms with van der Waals surface area (Å²) in [5, 5.41) is 3.07. The molecule has 1 saturated heterocycles. The fourth-order valence-electron chi connectivity index (χ4n) is 4.03. The van der Waals surface area contributed by atoms with Crippen LogP contribution in [0.15, 0.2) is 54.6 Å².